The summed E-state index contributed by atoms with van der Waals surface area (Å²) in [5.41, 5.74) is 1.75. The normalized spacial score (nSPS) is 26.9. The van der Waals surface area contributed by atoms with E-state index in [0.29, 0.717) is 11.6 Å². The number of nitrogens with one attached hydrogen (secondary N) is 1. The van der Waals surface area contributed by atoms with Crippen LogP contribution in [0.4, 0.5) is 0 Å². The molecule has 0 bridgehead atoms. The van der Waals surface area contributed by atoms with E-state index >= 15 is 0 Å². The second-order valence-corrected chi connectivity index (χ2v) is 6.82. The van der Waals surface area contributed by atoms with Gasteiger partial charge in [0.25, 0.3) is 0 Å². The Hall–Kier alpha value is -0.860. The second kappa shape index (κ2) is 7.95. The van der Waals surface area contributed by atoms with Crippen LogP contribution in [0, 0.1) is 0 Å². The summed E-state index contributed by atoms with van der Waals surface area (Å²) in [6.07, 6.45) is 6.36. The Bertz CT molecular complexity index is 403. The van der Waals surface area contributed by atoms with Crippen LogP contribution in [0.15, 0.2) is 30.3 Å². The molecule has 0 spiro atoms. The Kier molecular flexibility index (Phi) is 6.25. The smallest absolute Gasteiger partial charge is 0.0278 e. The highest BCUT2D eigenvalue weighted by Crippen LogP contribution is 2.21. The van der Waals surface area contributed by atoms with E-state index in [2.05, 4.69) is 61.3 Å². The molecule has 1 aliphatic heterocycles. The maximum atomic E-state index is 3.79. The van der Waals surface area contributed by atoms with Gasteiger partial charge in [0.05, 0.1) is 0 Å². The van der Waals surface area contributed by atoms with Crippen molar-refractivity contribution in [1.82, 2.24) is 10.2 Å². The quantitative estimate of drug-likeness (QED) is 0.766. The Morgan fingerprint density at radius 1 is 1.19 bits per heavy atom. The Morgan fingerprint density at radius 3 is 2.62 bits per heavy atom. The number of hydrogen-bond donors (Lipinski definition) is 1. The average Bonchev–Trinajstić information content (AvgIpc) is 2.51. The number of benzene rings is 1. The van der Waals surface area contributed by atoms with Gasteiger partial charge in [0.15, 0.2) is 0 Å². The summed E-state index contributed by atoms with van der Waals surface area (Å²) in [7, 11) is 0. The fraction of sp³-hybridized carbons (Fsp3) is 0.684. The third-order valence-corrected chi connectivity index (χ3v) is 4.98. The standard InChI is InChI=1S/C19H32N2/c1-4-6-10-13-21-16-19(3,5-2)20-15-18(21)14-17-11-8-7-9-12-17/h7-9,11-12,18,20H,4-6,10,13-16H2,1-3H3. The molecule has 1 saturated heterocycles. The third-order valence-electron chi connectivity index (χ3n) is 4.98. The second-order valence-electron chi connectivity index (χ2n) is 6.82. The first-order valence-electron chi connectivity index (χ1n) is 8.70. The molecule has 1 aromatic carbocycles. The van der Waals surface area contributed by atoms with Crippen LogP contribution in [-0.2, 0) is 6.42 Å². The number of piperazine rings is 1. The van der Waals surface area contributed by atoms with Crippen LogP contribution < -0.4 is 5.32 Å². The molecule has 0 saturated carbocycles. The lowest BCUT2D eigenvalue weighted by molar-refractivity contribution is 0.0825. The van der Waals surface area contributed by atoms with Crippen molar-refractivity contribution in [2.45, 2.75) is 64.5 Å². The van der Waals surface area contributed by atoms with Crippen molar-refractivity contribution in [3.8, 4) is 0 Å². The van der Waals surface area contributed by atoms with Gasteiger partial charge in [-0.2, -0.15) is 0 Å². The number of hydrogen-bond acceptors (Lipinski definition) is 2. The van der Waals surface area contributed by atoms with E-state index in [9.17, 15) is 0 Å². The fourth-order valence-electron chi connectivity index (χ4n) is 3.28. The van der Waals surface area contributed by atoms with E-state index in [4.69, 9.17) is 0 Å². The van der Waals surface area contributed by atoms with Gasteiger partial charge in [0.1, 0.15) is 0 Å². The Morgan fingerprint density at radius 2 is 1.95 bits per heavy atom. The zero-order valence-electron chi connectivity index (χ0n) is 14.1. The van der Waals surface area contributed by atoms with Gasteiger partial charge in [0.2, 0.25) is 0 Å². The van der Waals surface area contributed by atoms with Crippen molar-refractivity contribution >= 4 is 0 Å². The summed E-state index contributed by atoms with van der Waals surface area (Å²) in [5, 5.41) is 3.79. The molecule has 1 fully saturated rings. The Balaban J connectivity index is 1.99. The van der Waals surface area contributed by atoms with E-state index < -0.39 is 0 Å². The highest BCUT2D eigenvalue weighted by Gasteiger charge is 2.33. The first-order chi connectivity index (χ1) is 10.2. The van der Waals surface area contributed by atoms with Gasteiger partial charge in [-0.1, -0.05) is 57.0 Å². The van der Waals surface area contributed by atoms with Crippen LogP contribution in [0.1, 0.15) is 52.0 Å². The van der Waals surface area contributed by atoms with Crippen LogP contribution in [-0.4, -0.2) is 36.1 Å². The van der Waals surface area contributed by atoms with Crippen LogP contribution in [0.25, 0.3) is 0 Å². The lowest BCUT2D eigenvalue weighted by Gasteiger charge is -2.46. The Labute approximate surface area is 130 Å². The molecule has 2 atom stereocenters. The molecule has 21 heavy (non-hydrogen) atoms. The number of rotatable bonds is 7. The van der Waals surface area contributed by atoms with Crippen molar-refractivity contribution in [2.75, 3.05) is 19.6 Å². The van der Waals surface area contributed by atoms with E-state index in [1.54, 1.807) is 0 Å². The van der Waals surface area contributed by atoms with Crippen LogP contribution in [0.5, 0.6) is 0 Å². The van der Waals surface area contributed by atoms with Gasteiger partial charge in [-0.15, -0.1) is 0 Å². The largest absolute Gasteiger partial charge is 0.309 e. The molecule has 2 heteroatoms. The fourth-order valence-corrected chi connectivity index (χ4v) is 3.28. The van der Waals surface area contributed by atoms with Crippen LogP contribution in [0.3, 0.4) is 0 Å². The molecular formula is C19H32N2. The van der Waals surface area contributed by atoms with Crippen molar-refractivity contribution in [3.63, 3.8) is 0 Å². The lowest BCUT2D eigenvalue weighted by Crippen LogP contribution is -2.63. The molecule has 0 aromatic heterocycles. The molecule has 1 heterocycles. The molecule has 0 radical (unpaired) electrons. The molecular weight excluding hydrogens is 256 g/mol. The molecule has 1 aliphatic rings. The van der Waals surface area contributed by atoms with E-state index in [1.807, 2.05) is 0 Å². The van der Waals surface area contributed by atoms with Crippen molar-refractivity contribution in [3.05, 3.63) is 35.9 Å². The molecule has 118 valence electrons. The first kappa shape index (κ1) is 16.5. The molecule has 1 N–H and O–H groups in total. The highest BCUT2D eigenvalue weighted by atomic mass is 15.2. The van der Waals surface area contributed by atoms with Gasteiger partial charge in [-0.05, 0) is 38.3 Å². The summed E-state index contributed by atoms with van der Waals surface area (Å²) in [5.74, 6) is 0. The molecule has 2 nitrogen and oxygen atoms in total. The summed E-state index contributed by atoms with van der Waals surface area (Å²) < 4.78 is 0. The predicted molar refractivity (Wildman–Crippen MR) is 91.7 cm³/mol. The highest BCUT2D eigenvalue weighted by molar-refractivity contribution is 5.16. The van der Waals surface area contributed by atoms with E-state index in [-0.39, 0.29) is 0 Å². The zero-order chi connectivity index (χ0) is 15.1. The maximum absolute atomic E-state index is 3.79. The van der Waals surface area contributed by atoms with Crippen LogP contribution in [0.2, 0.25) is 0 Å². The summed E-state index contributed by atoms with van der Waals surface area (Å²) in [6.45, 7) is 10.5. The lowest BCUT2D eigenvalue weighted by atomic mass is 9.91. The average molecular weight is 288 g/mol. The maximum Gasteiger partial charge on any atom is 0.0278 e. The number of unbranched alkanes of at least 4 members (excludes halogenated alkanes) is 2. The first-order valence-corrected chi connectivity index (χ1v) is 8.70. The molecule has 0 amide bonds. The minimum Gasteiger partial charge on any atom is -0.309 e. The van der Waals surface area contributed by atoms with Crippen molar-refractivity contribution in [2.24, 2.45) is 0 Å². The summed E-state index contributed by atoms with van der Waals surface area (Å²) >= 11 is 0. The zero-order valence-corrected chi connectivity index (χ0v) is 14.1. The van der Waals surface area contributed by atoms with Crippen molar-refractivity contribution in [1.29, 1.82) is 0 Å². The topological polar surface area (TPSA) is 15.3 Å². The van der Waals surface area contributed by atoms with E-state index in [0.717, 1.165) is 6.54 Å². The molecule has 2 unspecified atom stereocenters. The van der Waals surface area contributed by atoms with Gasteiger partial charge < -0.3 is 5.32 Å². The minimum absolute atomic E-state index is 0.291. The van der Waals surface area contributed by atoms with E-state index in [1.165, 1.54) is 50.8 Å². The monoisotopic (exact) mass is 288 g/mol. The molecule has 0 aliphatic carbocycles. The van der Waals surface area contributed by atoms with Gasteiger partial charge >= 0.3 is 0 Å². The van der Waals surface area contributed by atoms with Gasteiger partial charge in [-0.3, -0.25) is 4.90 Å². The SMILES string of the molecule is CCCCCN1CC(C)(CC)NCC1Cc1ccccc1. The van der Waals surface area contributed by atoms with Gasteiger partial charge in [0, 0.05) is 24.7 Å². The molecule has 1 aromatic rings. The summed E-state index contributed by atoms with van der Waals surface area (Å²) in [4.78, 5) is 2.74. The van der Waals surface area contributed by atoms with Crippen LogP contribution >= 0.6 is 0 Å². The van der Waals surface area contributed by atoms with Crippen molar-refractivity contribution < 1.29 is 0 Å². The third kappa shape index (κ3) is 4.82. The summed E-state index contributed by atoms with van der Waals surface area (Å²) in [6, 6.07) is 11.6. The predicted octanol–water partition coefficient (Wildman–Crippen LogP) is 3.86. The van der Waals surface area contributed by atoms with Gasteiger partial charge in [-0.25, -0.2) is 0 Å². The minimum atomic E-state index is 0.291. The number of nitrogens with zero attached hydrogens (tertiary/aromatic N) is 1. The molecule has 2 rings (SSSR count).